The summed E-state index contributed by atoms with van der Waals surface area (Å²) in [5, 5.41) is -0.260. The first-order chi connectivity index (χ1) is 11.0. The summed E-state index contributed by atoms with van der Waals surface area (Å²) in [6.07, 6.45) is 7.35. The zero-order chi connectivity index (χ0) is 16.7. The maximum absolute atomic E-state index is 11.9. The number of unbranched alkanes of at least 4 members (excludes halogenated alkanes) is 3. The standard InChI is InChI=1S/C17H21NO4S/c1-23(20,21)16-13-18-17(22-16)15(19)12-8-3-2-5-9-14-10-6-4-7-11-14/h4,6-7,10-11,13H,2-3,5,8-9,12H2,1H3. The van der Waals surface area contributed by atoms with E-state index in [2.05, 4.69) is 17.1 Å². The second-order valence-electron chi connectivity index (χ2n) is 5.58. The van der Waals surface area contributed by atoms with Crippen molar-refractivity contribution < 1.29 is 17.6 Å². The zero-order valence-corrected chi connectivity index (χ0v) is 14.0. The first-order valence-corrected chi connectivity index (χ1v) is 9.59. The molecule has 0 atom stereocenters. The molecule has 23 heavy (non-hydrogen) atoms. The monoisotopic (exact) mass is 335 g/mol. The molecule has 124 valence electrons. The smallest absolute Gasteiger partial charge is 0.264 e. The third kappa shape index (κ3) is 5.63. The highest BCUT2D eigenvalue weighted by Crippen LogP contribution is 2.14. The summed E-state index contributed by atoms with van der Waals surface area (Å²) in [7, 11) is -3.46. The molecule has 1 heterocycles. The lowest BCUT2D eigenvalue weighted by molar-refractivity contribution is 0.0940. The summed E-state index contributed by atoms with van der Waals surface area (Å²) in [5.74, 6) is -0.363. The van der Waals surface area contributed by atoms with Crippen LogP contribution in [-0.2, 0) is 16.3 Å². The highest BCUT2D eigenvalue weighted by molar-refractivity contribution is 7.90. The van der Waals surface area contributed by atoms with Gasteiger partial charge in [-0.15, -0.1) is 0 Å². The van der Waals surface area contributed by atoms with Gasteiger partial charge in [-0.25, -0.2) is 13.4 Å². The minimum Gasteiger partial charge on any atom is -0.422 e. The Balaban J connectivity index is 1.66. The lowest BCUT2D eigenvalue weighted by Crippen LogP contribution is -1.99. The first-order valence-electron chi connectivity index (χ1n) is 7.70. The van der Waals surface area contributed by atoms with Crippen LogP contribution >= 0.6 is 0 Å². The van der Waals surface area contributed by atoms with Crippen LogP contribution in [0.3, 0.4) is 0 Å². The van der Waals surface area contributed by atoms with Crippen LogP contribution in [-0.4, -0.2) is 25.4 Å². The summed E-state index contributed by atoms with van der Waals surface area (Å²) in [6.45, 7) is 0. The number of rotatable bonds is 9. The van der Waals surface area contributed by atoms with Crippen molar-refractivity contribution in [1.82, 2.24) is 4.98 Å². The normalized spacial score (nSPS) is 11.5. The number of carbonyl (C=O) groups excluding carboxylic acids is 1. The van der Waals surface area contributed by atoms with Crippen LogP contribution in [0.4, 0.5) is 0 Å². The summed E-state index contributed by atoms with van der Waals surface area (Å²) in [4.78, 5) is 15.6. The molecule has 0 unspecified atom stereocenters. The molecule has 0 N–H and O–H groups in total. The number of carbonyl (C=O) groups is 1. The van der Waals surface area contributed by atoms with E-state index in [1.807, 2.05) is 18.2 Å². The fourth-order valence-corrected chi connectivity index (χ4v) is 2.75. The Morgan fingerprint density at radius 2 is 1.78 bits per heavy atom. The number of oxazole rings is 1. The van der Waals surface area contributed by atoms with Gasteiger partial charge in [-0.3, -0.25) is 4.79 Å². The Hall–Kier alpha value is -1.95. The van der Waals surface area contributed by atoms with Crippen molar-refractivity contribution in [1.29, 1.82) is 0 Å². The molecule has 2 aromatic rings. The van der Waals surface area contributed by atoms with Gasteiger partial charge >= 0.3 is 0 Å². The number of sulfone groups is 1. The lowest BCUT2D eigenvalue weighted by atomic mass is 10.0. The van der Waals surface area contributed by atoms with E-state index in [-0.39, 0.29) is 16.8 Å². The Labute approximate surface area is 136 Å². The number of aromatic nitrogens is 1. The molecule has 0 aliphatic rings. The van der Waals surface area contributed by atoms with Crippen molar-refractivity contribution in [2.24, 2.45) is 0 Å². The van der Waals surface area contributed by atoms with Gasteiger partial charge in [-0.1, -0.05) is 43.2 Å². The topological polar surface area (TPSA) is 77.2 Å². The Morgan fingerprint density at radius 1 is 1.09 bits per heavy atom. The van der Waals surface area contributed by atoms with Crippen molar-refractivity contribution in [3.8, 4) is 0 Å². The maximum atomic E-state index is 11.9. The van der Waals surface area contributed by atoms with Crippen molar-refractivity contribution in [2.75, 3.05) is 6.26 Å². The number of ketones is 1. The van der Waals surface area contributed by atoms with E-state index in [0.717, 1.165) is 44.6 Å². The van der Waals surface area contributed by atoms with Crippen molar-refractivity contribution in [3.63, 3.8) is 0 Å². The van der Waals surface area contributed by atoms with E-state index >= 15 is 0 Å². The highest BCUT2D eigenvalue weighted by atomic mass is 32.2. The second kappa shape index (κ2) is 8.06. The molecular formula is C17H21NO4S. The number of hydrogen-bond donors (Lipinski definition) is 0. The van der Waals surface area contributed by atoms with Crippen LogP contribution in [0.15, 0.2) is 46.0 Å². The number of nitrogens with zero attached hydrogens (tertiary/aromatic N) is 1. The molecule has 0 amide bonds. The number of hydrogen-bond acceptors (Lipinski definition) is 5. The Kier molecular flexibility index (Phi) is 6.10. The molecule has 0 saturated heterocycles. The van der Waals surface area contributed by atoms with Gasteiger partial charge in [-0.05, 0) is 24.8 Å². The second-order valence-corrected chi connectivity index (χ2v) is 7.53. The SMILES string of the molecule is CS(=O)(=O)c1cnc(C(=O)CCCCCCc2ccccc2)o1. The Morgan fingerprint density at radius 3 is 2.43 bits per heavy atom. The molecule has 0 aliphatic carbocycles. The van der Waals surface area contributed by atoms with Gasteiger partial charge in [-0.2, -0.15) is 0 Å². The van der Waals surface area contributed by atoms with E-state index < -0.39 is 9.84 Å². The van der Waals surface area contributed by atoms with Gasteiger partial charge in [0.05, 0.1) is 6.20 Å². The van der Waals surface area contributed by atoms with Crippen molar-refractivity contribution in [2.45, 2.75) is 43.6 Å². The predicted molar refractivity (Wildman–Crippen MR) is 87.2 cm³/mol. The van der Waals surface area contributed by atoms with Gasteiger partial charge in [0.15, 0.2) is 0 Å². The largest absolute Gasteiger partial charge is 0.422 e. The fourth-order valence-electron chi connectivity index (χ4n) is 2.28. The van der Waals surface area contributed by atoms with Gasteiger partial charge in [0.2, 0.25) is 20.7 Å². The van der Waals surface area contributed by atoms with Gasteiger partial charge < -0.3 is 4.42 Å². The van der Waals surface area contributed by atoms with Crippen molar-refractivity contribution >= 4 is 15.6 Å². The van der Waals surface area contributed by atoms with E-state index in [4.69, 9.17) is 4.42 Å². The lowest BCUT2D eigenvalue weighted by Gasteiger charge is -2.01. The molecule has 0 bridgehead atoms. The summed E-state index contributed by atoms with van der Waals surface area (Å²) >= 11 is 0. The maximum Gasteiger partial charge on any atom is 0.264 e. The number of aryl methyl sites for hydroxylation is 1. The summed E-state index contributed by atoms with van der Waals surface area (Å²) in [5.41, 5.74) is 1.33. The molecule has 5 nitrogen and oxygen atoms in total. The highest BCUT2D eigenvalue weighted by Gasteiger charge is 2.18. The average Bonchev–Trinajstić information content (AvgIpc) is 3.02. The number of benzene rings is 1. The molecule has 1 aromatic heterocycles. The van der Waals surface area contributed by atoms with Crippen LogP contribution < -0.4 is 0 Å². The molecule has 0 aliphatic heterocycles. The first kappa shape index (κ1) is 17.4. The minimum absolute atomic E-state index is 0.116. The fraction of sp³-hybridized carbons (Fsp3) is 0.412. The van der Waals surface area contributed by atoms with Gasteiger partial charge in [0, 0.05) is 12.7 Å². The molecule has 0 fully saturated rings. The third-order valence-corrected chi connectivity index (χ3v) is 4.47. The van der Waals surface area contributed by atoms with Crippen LogP contribution in [0.5, 0.6) is 0 Å². The summed E-state index contributed by atoms with van der Waals surface area (Å²) in [6, 6.07) is 10.3. The zero-order valence-electron chi connectivity index (χ0n) is 13.2. The third-order valence-electron chi connectivity index (χ3n) is 3.55. The van der Waals surface area contributed by atoms with E-state index in [9.17, 15) is 13.2 Å². The molecule has 2 rings (SSSR count). The van der Waals surface area contributed by atoms with Crippen LogP contribution in [0.1, 0.15) is 48.4 Å². The van der Waals surface area contributed by atoms with E-state index in [1.54, 1.807) is 0 Å². The Bertz CT molecular complexity index is 735. The van der Waals surface area contributed by atoms with E-state index in [0.29, 0.717) is 6.42 Å². The van der Waals surface area contributed by atoms with Gasteiger partial charge in [0.25, 0.3) is 5.89 Å². The molecular weight excluding hydrogens is 314 g/mol. The number of Topliss-reactive ketones (excluding diaryl/α,β-unsaturated/α-hetero) is 1. The average molecular weight is 335 g/mol. The molecule has 0 spiro atoms. The van der Waals surface area contributed by atoms with Crippen LogP contribution in [0.25, 0.3) is 0 Å². The molecule has 6 heteroatoms. The quantitative estimate of drug-likeness (QED) is 0.518. The molecule has 1 aromatic carbocycles. The van der Waals surface area contributed by atoms with Gasteiger partial charge in [0.1, 0.15) is 0 Å². The minimum atomic E-state index is -3.46. The van der Waals surface area contributed by atoms with Crippen molar-refractivity contribution in [3.05, 3.63) is 48.0 Å². The molecule has 0 saturated carbocycles. The predicted octanol–water partition coefficient (Wildman–Crippen LogP) is 3.45. The van der Waals surface area contributed by atoms with Crippen LogP contribution in [0, 0.1) is 0 Å². The molecule has 0 radical (unpaired) electrons. The summed E-state index contributed by atoms with van der Waals surface area (Å²) < 4.78 is 27.5. The van der Waals surface area contributed by atoms with Crippen LogP contribution in [0.2, 0.25) is 0 Å². The van der Waals surface area contributed by atoms with E-state index in [1.165, 1.54) is 5.56 Å².